The van der Waals surface area contributed by atoms with E-state index >= 15 is 0 Å². The lowest BCUT2D eigenvalue weighted by molar-refractivity contribution is 0.124. The molecule has 1 N–H and O–H groups in total. The molecule has 0 radical (unpaired) electrons. The molecule has 0 spiro atoms. The van der Waals surface area contributed by atoms with Gasteiger partial charge in [-0.2, -0.15) is 0 Å². The number of nitrogens with one attached hydrogen (secondary N) is 1. The number of nitrogens with zero attached hydrogens (tertiary/aromatic N) is 2. The predicted octanol–water partition coefficient (Wildman–Crippen LogP) is 3.32. The number of benzene rings is 1. The van der Waals surface area contributed by atoms with Crippen LogP contribution in [0.5, 0.6) is 5.75 Å². The Morgan fingerprint density at radius 1 is 1.27 bits per heavy atom. The van der Waals surface area contributed by atoms with E-state index in [9.17, 15) is 0 Å². The Bertz CT molecular complexity index is 591. The van der Waals surface area contributed by atoms with E-state index in [1.54, 1.807) is 6.33 Å². The zero-order valence-corrected chi connectivity index (χ0v) is 13.5. The molecule has 0 amide bonds. The fourth-order valence-corrected chi connectivity index (χ4v) is 3.04. The first kappa shape index (κ1) is 15.1. The van der Waals surface area contributed by atoms with Gasteiger partial charge >= 0.3 is 0 Å². The van der Waals surface area contributed by atoms with Crippen molar-refractivity contribution in [2.45, 2.75) is 33.2 Å². The van der Waals surface area contributed by atoms with E-state index in [2.05, 4.69) is 53.0 Å². The van der Waals surface area contributed by atoms with Crippen molar-refractivity contribution in [3.05, 3.63) is 47.5 Å². The Hall–Kier alpha value is -1.81. The van der Waals surface area contributed by atoms with Crippen molar-refractivity contribution in [3.8, 4) is 5.75 Å². The highest BCUT2D eigenvalue weighted by Gasteiger charge is 2.21. The lowest BCUT2D eigenvalue weighted by Gasteiger charge is -2.32. The molecular formula is C18H25N3O. The summed E-state index contributed by atoms with van der Waals surface area (Å²) in [7, 11) is 0. The van der Waals surface area contributed by atoms with Gasteiger partial charge in [-0.15, -0.1) is 0 Å². The lowest BCUT2D eigenvalue weighted by Crippen LogP contribution is -2.37. The number of rotatable bonds is 5. The maximum absolute atomic E-state index is 5.96. The van der Waals surface area contributed by atoms with E-state index < -0.39 is 0 Å². The second kappa shape index (κ2) is 6.97. The quantitative estimate of drug-likeness (QED) is 0.921. The van der Waals surface area contributed by atoms with Crippen molar-refractivity contribution in [1.29, 1.82) is 0 Å². The second-order valence-corrected chi connectivity index (χ2v) is 6.34. The van der Waals surface area contributed by atoms with Gasteiger partial charge in [0.15, 0.2) is 0 Å². The summed E-state index contributed by atoms with van der Waals surface area (Å²) >= 11 is 0. The van der Waals surface area contributed by atoms with Crippen molar-refractivity contribution in [1.82, 2.24) is 14.9 Å². The van der Waals surface area contributed by atoms with Crippen molar-refractivity contribution in [2.75, 3.05) is 19.7 Å². The number of ether oxygens (including phenoxy) is 1. The van der Waals surface area contributed by atoms with Gasteiger partial charge in [-0.1, -0.05) is 17.7 Å². The summed E-state index contributed by atoms with van der Waals surface area (Å²) < 4.78 is 5.96. The number of aromatic amines is 1. The number of imidazole rings is 1. The first-order valence-corrected chi connectivity index (χ1v) is 8.11. The number of piperidine rings is 1. The zero-order chi connectivity index (χ0) is 15.4. The second-order valence-electron chi connectivity index (χ2n) is 6.34. The van der Waals surface area contributed by atoms with Gasteiger partial charge in [0.25, 0.3) is 0 Å². The first-order valence-electron chi connectivity index (χ1n) is 8.11. The minimum Gasteiger partial charge on any atom is -0.493 e. The van der Waals surface area contributed by atoms with Crippen LogP contribution in [0.2, 0.25) is 0 Å². The summed E-state index contributed by atoms with van der Waals surface area (Å²) in [6.45, 7) is 8.19. The maximum Gasteiger partial charge on any atom is 0.119 e. The standard InChI is InChI=1S/C18H25N3O/c1-14-5-7-17(8-6-14)22-12-16-4-3-9-21(10-16)11-18-15(2)19-13-20-18/h5-8,13,16H,3-4,9-12H2,1-2H3,(H,19,20)/t16-/m1/s1. The van der Waals surface area contributed by atoms with Gasteiger partial charge in [-0.3, -0.25) is 4.90 Å². The molecule has 0 saturated carbocycles. The van der Waals surface area contributed by atoms with Crippen LogP contribution in [-0.2, 0) is 6.54 Å². The van der Waals surface area contributed by atoms with Crippen LogP contribution in [0, 0.1) is 19.8 Å². The van der Waals surface area contributed by atoms with E-state index in [1.165, 1.54) is 29.8 Å². The molecule has 1 aliphatic rings. The monoisotopic (exact) mass is 299 g/mol. The Kier molecular flexibility index (Phi) is 4.78. The van der Waals surface area contributed by atoms with Crippen LogP contribution in [0.3, 0.4) is 0 Å². The molecule has 118 valence electrons. The average Bonchev–Trinajstić information content (AvgIpc) is 2.92. The maximum atomic E-state index is 5.96. The third kappa shape index (κ3) is 3.89. The summed E-state index contributed by atoms with van der Waals surface area (Å²) in [5.41, 5.74) is 3.61. The van der Waals surface area contributed by atoms with Crippen molar-refractivity contribution in [2.24, 2.45) is 5.92 Å². The van der Waals surface area contributed by atoms with E-state index in [0.29, 0.717) is 5.92 Å². The van der Waals surface area contributed by atoms with Gasteiger partial charge in [0.05, 0.1) is 18.6 Å². The minimum absolute atomic E-state index is 0.606. The molecule has 4 heteroatoms. The van der Waals surface area contributed by atoms with Gasteiger partial charge in [0.1, 0.15) is 5.75 Å². The van der Waals surface area contributed by atoms with Crippen LogP contribution < -0.4 is 4.74 Å². The summed E-state index contributed by atoms with van der Waals surface area (Å²) in [4.78, 5) is 10.1. The highest BCUT2D eigenvalue weighted by atomic mass is 16.5. The molecule has 2 heterocycles. The fraction of sp³-hybridized carbons (Fsp3) is 0.500. The number of likely N-dealkylation sites (tertiary alicyclic amines) is 1. The zero-order valence-electron chi connectivity index (χ0n) is 13.5. The summed E-state index contributed by atoms with van der Waals surface area (Å²) in [5.74, 6) is 1.58. The van der Waals surface area contributed by atoms with Crippen LogP contribution in [0.25, 0.3) is 0 Å². The third-order valence-corrected chi connectivity index (χ3v) is 4.42. The number of aryl methyl sites for hydroxylation is 2. The van der Waals surface area contributed by atoms with Gasteiger partial charge in [-0.25, -0.2) is 4.98 Å². The number of hydrogen-bond donors (Lipinski definition) is 1. The number of aromatic nitrogens is 2. The van der Waals surface area contributed by atoms with Crippen LogP contribution in [0.4, 0.5) is 0 Å². The third-order valence-electron chi connectivity index (χ3n) is 4.42. The Balaban J connectivity index is 1.50. The van der Waals surface area contributed by atoms with E-state index in [1.807, 2.05) is 0 Å². The van der Waals surface area contributed by atoms with Crippen molar-refractivity contribution in [3.63, 3.8) is 0 Å². The lowest BCUT2D eigenvalue weighted by atomic mass is 9.99. The van der Waals surface area contributed by atoms with Gasteiger partial charge in [-0.05, 0) is 45.4 Å². The van der Waals surface area contributed by atoms with Gasteiger partial charge < -0.3 is 9.72 Å². The molecular weight excluding hydrogens is 274 g/mol. The molecule has 2 aromatic rings. The van der Waals surface area contributed by atoms with E-state index in [-0.39, 0.29) is 0 Å². The molecule has 1 saturated heterocycles. The highest BCUT2D eigenvalue weighted by molar-refractivity contribution is 5.26. The topological polar surface area (TPSA) is 41.1 Å². The molecule has 0 unspecified atom stereocenters. The minimum atomic E-state index is 0.606. The molecule has 0 aliphatic carbocycles. The molecule has 22 heavy (non-hydrogen) atoms. The Labute approximate surface area is 132 Å². The SMILES string of the molecule is Cc1ccc(OC[C@@H]2CCCN(Cc3nc[nH]c3C)C2)cc1. The Morgan fingerprint density at radius 3 is 2.82 bits per heavy atom. The first-order chi connectivity index (χ1) is 10.7. The average molecular weight is 299 g/mol. The number of hydrogen-bond acceptors (Lipinski definition) is 3. The molecule has 3 rings (SSSR count). The molecule has 4 nitrogen and oxygen atoms in total. The van der Waals surface area contributed by atoms with Gasteiger partial charge in [0.2, 0.25) is 0 Å². The largest absolute Gasteiger partial charge is 0.493 e. The Morgan fingerprint density at radius 2 is 2.09 bits per heavy atom. The van der Waals surface area contributed by atoms with E-state index in [0.717, 1.165) is 32.0 Å². The normalized spacial score (nSPS) is 19.3. The fourth-order valence-electron chi connectivity index (χ4n) is 3.04. The highest BCUT2D eigenvalue weighted by Crippen LogP contribution is 2.20. The van der Waals surface area contributed by atoms with Crippen molar-refractivity contribution >= 4 is 0 Å². The molecule has 0 bridgehead atoms. The van der Waals surface area contributed by atoms with E-state index in [4.69, 9.17) is 4.74 Å². The molecule has 1 atom stereocenters. The van der Waals surface area contributed by atoms with Crippen molar-refractivity contribution < 1.29 is 4.74 Å². The van der Waals surface area contributed by atoms with Crippen LogP contribution in [-0.4, -0.2) is 34.6 Å². The summed E-state index contributed by atoms with van der Waals surface area (Å²) in [6.07, 6.45) is 4.28. The number of H-pyrrole nitrogens is 1. The van der Waals surface area contributed by atoms with Crippen LogP contribution in [0.15, 0.2) is 30.6 Å². The smallest absolute Gasteiger partial charge is 0.119 e. The molecule has 1 aromatic heterocycles. The summed E-state index contributed by atoms with van der Waals surface area (Å²) in [5, 5.41) is 0. The molecule has 1 aromatic carbocycles. The van der Waals surface area contributed by atoms with Gasteiger partial charge in [0, 0.05) is 24.7 Å². The molecule has 1 aliphatic heterocycles. The summed E-state index contributed by atoms with van der Waals surface area (Å²) in [6, 6.07) is 8.32. The predicted molar refractivity (Wildman–Crippen MR) is 88.0 cm³/mol. The van der Waals surface area contributed by atoms with Crippen LogP contribution in [0.1, 0.15) is 29.8 Å². The van der Waals surface area contributed by atoms with Crippen LogP contribution >= 0.6 is 0 Å². The molecule has 1 fully saturated rings.